The lowest BCUT2D eigenvalue weighted by molar-refractivity contribution is -0.202. The van der Waals surface area contributed by atoms with Crippen molar-refractivity contribution in [2.45, 2.75) is 113 Å². The van der Waals surface area contributed by atoms with Gasteiger partial charge in [-0.1, -0.05) is 60.1 Å². The van der Waals surface area contributed by atoms with Crippen LogP contribution in [0.25, 0.3) is 0 Å². The molecule has 0 bridgehead atoms. The Kier molecular flexibility index (Phi) is 5.74. The number of methoxy groups -OCH3 is 1. The van der Waals surface area contributed by atoms with Crippen LogP contribution in [0, 0.1) is 56.2 Å². The summed E-state index contributed by atoms with van der Waals surface area (Å²) in [6.07, 6.45) is 12.5. The van der Waals surface area contributed by atoms with Gasteiger partial charge >= 0.3 is 11.9 Å². The molecule has 0 heterocycles. The van der Waals surface area contributed by atoms with E-state index in [0.717, 1.165) is 57.8 Å². The number of aliphatic carboxylic acids is 1. The molecule has 0 aromatic rings. The van der Waals surface area contributed by atoms with Crippen LogP contribution in [0.3, 0.4) is 0 Å². The Hall–Kier alpha value is -1.32. The van der Waals surface area contributed by atoms with Gasteiger partial charge in [0.15, 0.2) is 0 Å². The van der Waals surface area contributed by atoms with Crippen LogP contribution in [0.2, 0.25) is 0 Å². The summed E-state index contributed by atoms with van der Waals surface area (Å²) >= 11 is 0. The number of rotatable bonds is 2. The molecule has 36 heavy (non-hydrogen) atoms. The second-order valence-electron chi connectivity index (χ2n) is 15.6. The van der Waals surface area contributed by atoms with Crippen molar-refractivity contribution in [3.05, 3.63) is 11.6 Å². The van der Waals surface area contributed by atoms with Gasteiger partial charge in [-0.3, -0.25) is 9.59 Å². The Morgan fingerprint density at radius 3 is 2.19 bits per heavy atom. The number of ether oxygens (including phenoxy) is 1. The fraction of sp³-hybridized carbons (Fsp3) is 0.875. The molecule has 4 saturated carbocycles. The summed E-state index contributed by atoms with van der Waals surface area (Å²) in [6, 6.07) is 0. The highest BCUT2D eigenvalue weighted by atomic mass is 16.5. The average Bonchev–Trinajstić information content (AvgIpc) is 2.78. The van der Waals surface area contributed by atoms with Gasteiger partial charge in [0.2, 0.25) is 0 Å². The number of carbonyl (C=O) groups excluding carboxylic acids is 1. The smallest absolute Gasteiger partial charge is 0.310 e. The molecule has 4 heteroatoms. The number of hydrogen-bond acceptors (Lipinski definition) is 3. The van der Waals surface area contributed by atoms with E-state index in [-0.39, 0.29) is 44.9 Å². The third-order valence-corrected chi connectivity index (χ3v) is 13.6. The first-order chi connectivity index (χ1) is 16.6. The minimum absolute atomic E-state index is 0.0226. The molecule has 5 aliphatic carbocycles. The molecule has 5 rings (SSSR count). The lowest BCUT2D eigenvalue weighted by atomic mass is 9.33. The van der Waals surface area contributed by atoms with Crippen molar-refractivity contribution in [1.82, 2.24) is 0 Å². The van der Waals surface area contributed by atoms with Crippen molar-refractivity contribution in [2.24, 2.45) is 56.2 Å². The second-order valence-corrected chi connectivity index (χ2v) is 15.6. The normalized spacial score (nSPS) is 48.8. The van der Waals surface area contributed by atoms with Gasteiger partial charge in [0.05, 0.1) is 18.4 Å². The van der Waals surface area contributed by atoms with Gasteiger partial charge in [0, 0.05) is 0 Å². The summed E-state index contributed by atoms with van der Waals surface area (Å²) in [5, 5.41) is 10.5. The number of carbonyl (C=O) groups is 2. The molecule has 4 nitrogen and oxygen atoms in total. The van der Waals surface area contributed by atoms with E-state index in [4.69, 9.17) is 4.74 Å². The maximum atomic E-state index is 12.8. The van der Waals surface area contributed by atoms with Gasteiger partial charge in [0.25, 0.3) is 0 Å². The summed E-state index contributed by atoms with van der Waals surface area (Å²) in [5.41, 5.74) is 1.41. The van der Waals surface area contributed by atoms with Gasteiger partial charge in [-0.15, -0.1) is 0 Å². The maximum absolute atomic E-state index is 12.8. The number of carboxylic acid groups (broad SMARTS) is 1. The van der Waals surface area contributed by atoms with E-state index in [9.17, 15) is 14.7 Å². The van der Waals surface area contributed by atoms with Gasteiger partial charge in [-0.2, -0.15) is 0 Å². The molecule has 0 unspecified atom stereocenters. The highest BCUT2D eigenvalue weighted by Crippen LogP contribution is 2.76. The molecule has 0 amide bonds. The van der Waals surface area contributed by atoms with E-state index in [1.54, 1.807) is 0 Å². The summed E-state index contributed by atoms with van der Waals surface area (Å²) in [5.74, 6) is 0.596. The first-order valence-electron chi connectivity index (χ1n) is 14.6. The number of fused-ring (bicyclic) bond motifs is 7. The van der Waals surface area contributed by atoms with E-state index in [2.05, 4.69) is 54.5 Å². The van der Waals surface area contributed by atoms with Crippen LogP contribution in [0.4, 0.5) is 0 Å². The van der Waals surface area contributed by atoms with E-state index in [1.807, 2.05) is 0 Å². The van der Waals surface area contributed by atoms with E-state index in [0.29, 0.717) is 11.8 Å². The maximum Gasteiger partial charge on any atom is 0.310 e. The molecule has 8 atom stereocenters. The Morgan fingerprint density at radius 2 is 1.56 bits per heavy atom. The molecule has 1 N–H and O–H groups in total. The van der Waals surface area contributed by atoms with Crippen LogP contribution in [0.5, 0.6) is 0 Å². The minimum Gasteiger partial charge on any atom is -0.481 e. The topological polar surface area (TPSA) is 63.6 Å². The van der Waals surface area contributed by atoms with Crippen LogP contribution in [0.1, 0.15) is 113 Å². The average molecular weight is 499 g/mol. The monoisotopic (exact) mass is 498 g/mol. The van der Waals surface area contributed by atoms with E-state index < -0.39 is 11.4 Å². The molecule has 0 radical (unpaired) electrons. The molecule has 4 fully saturated rings. The summed E-state index contributed by atoms with van der Waals surface area (Å²) in [6.45, 7) is 16.9. The zero-order valence-electron chi connectivity index (χ0n) is 24.1. The van der Waals surface area contributed by atoms with Crippen molar-refractivity contribution in [1.29, 1.82) is 0 Å². The third kappa shape index (κ3) is 3.17. The Morgan fingerprint density at radius 1 is 0.889 bits per heavy atom. The minimum atomic E-state index is -0.578. The zero-order chi connectivity index (χ0) is 26.5. The first-order valence-corrected chi connectivity index (χ1v) is 14.6. The van der Waals surface area contributed by atoms with Gasteiger partial charge in [-0.25, -0.2) is 0 Å². The fourth-order valence-electron chi connectivity index (χ4n) is 11.2. The van der Waals surface area contributed by atoms with Crippen LogP contribution in [0.15, 0.2) is 11.6 Å². The van der Waals surface area contributed by atoms with Gasteiger partial charge in [-0.05, 0) is 109 Å². The van der Waals surface area contributed by atoms with Crippen LogP contribution in [-0.4, -0.2) is 24.2 Å². The highest BCUT2D eigenvalue weighted by Gasteiger charge is 2.69. The fourth-order valence-corrected chi connectivity index (χ4v) is 11.2. The summed E-state index contributed by atoms with van der Waals surface area (Å²) < 4.78 is 5.25. The first kappa shape index (κ1) is 26.3. The lowest BCUT2D eigenvalue weighted by Crippen LogP contribution is -2.65. The molecular weight excluding hydrogens is 448 g/mol. The number of allylic oxidation sites excluding steroid dienone is 2. The number of hydrogen-bond donors (Lipinski definition) is 1. The van der Waals surface area contributed by atoms with Crippen molar-refractivity contribution >= 4 is 11.9 Å². The third-order valence-electron chi connectivity index (χ3n) is 13.6. The van der Waals surface area contributed by atoms with Crippen molar-refractivity contribution in [2.75, 3.05) is 7.11 Å². The van der Waals surface area contributed by atoms with Gasteiger partial charge < -0.3 is 9.84 Å². The quantitative estimate of drug-likeness (QED) is 0.313. The molecule has 0 aliphatic heterocycles. The summed E-state index contributed by atoms with van der Waals surface area (Å²) in [4.78, 5) is 25.6. The zero-order valence-corrected chi connectivity index (χ0v) is 24.1. The van der Waals surface area contributed by atoms with Crippen LogP contribution >= 0.6 is 0 Å². The SMILES string of the molecule is COC(=O)[C@H]1CC[C@]2(C)[C@H]3CC=C4[C@@H]5CC(C)(C)CC[C@]5(C(=O)O)CC[C@@]4(C)[C@]3(C)CC[C@H]2C1(C)C. The predicted molar refractivity (Wildman–Crippen MR) is 142 cm³/mol. The molecule has 0 aromatic heterocycles. The van der Waals surface area contributed by atoms with Crippen molar-refractivity contribution < 1.29 is 19.4 Å². The molecule has 5 aliphatic rings. The van der Waals surface area contributed by atoms with Crippen molar-refractivity contribution in [3.8, 4) is 0 Å². The Labute approximate surface area is 219 Å². The van der Waals surface area contributed by atoms with Crippen molar-refractivity contribution in [3.63, 3.8) is 0 Å². The molecule has 0 spiro atoms. The lowest BCUT2D eigenvalue weighted by Gasteiger charge is -2.71. The second kappa shape index (κ2) is 7.85. The van der Waals surface area contributed by atoms with Gasteiger partial charge in [0.1, 0.15) is 0 Å². The molecular formula is C32H50O4. The standard InChI is InChI=1S/C32H50O4/c1-27(2)15-17-32(26(34)35)18-16-30(6)20(22(32)19-27)9-10-24-29(5)13-11-21(25(33)36-8)28(3,4)23(29)12-14-31(24,30)7/h9,21-24H,10-19H2,1-8H3,(H,34,35)/t21-,22+,23+,24-,29+,30-,31-,32+/m1/s1. The highest BCUT2D eigenvalue weighted by molar-refractivity contribution is 5.76. The Balaban J connectivity index is 1.56. The predicted octanol–water partition coefficient (Wildman–Crippen LogP) is 7.66. The number of esters is 1. The van der Waals surface area contributed by atoms with E-state index >= 15 is 0 Å². The molecule has 0 aromatic carbocycles. The number of carboxylic acids is 1. The largest absolute Gasteiger partial charge is 0.481 e. The molecule has 0 saturated heterocycles. The van der Waals surface area contributed by atoms with Crippen LogP contribution < -0.4 is 0 Å². The van der Waals surface area contributed by atoms with E-state index in [1.165, 1.54) is 19.1 Å². The van der Waals surface area contributed by atoms with Crippen LogP contribution in [-0.2, 0) is 14.3 Å². The molecule has 202 valence electrons. The summed E-state index contributed by atoms with van der Waals surface area (Å²) in [7, 11) is 1.53. The Bertz CT molecular complexity index is 992.